The summed E-state index contributed by atoms with van der Waals surface area (Å²) in [6.45, 7) is -0.0162. The standard InChI is InChI=1S/C12H15FN2O5/c1-20-10-6-7(2-3-8(10)13)15-12(19)14-5-4-9(16)11(17)18/h2-3,6,9,16H,4-5H2,1H3,(H,17,18)(H2,14,15,19). The smallest absolute Gasteiger partial charge is 0.332 e. The first-order chi connectivity index (χ1) is 9.43. The first kappa shape index (κ1) is 15.7. The Morgan fingerprint density at radius 1 is 1.45 bits per heavy atom. The van der Waals surface area contributed by atoms with Crippen LogP contribution in [-0.2, 0) is 4.79 Å². The summed E-state index contributed by atoms with van der Waals surface area (Å²) in [6, 6.07) is 3.20. The number of nitrogens with one attached hydrogen (secondary N) is 2. The Morgan fingerprint density at radius 3 is 2.75 bits per heavy atom. The van der Waals surface area contributed by atoms with Crippen molar-refractivity contribution in [2.75, 3.05) is 19.0 Å². The number of hydrogen-bond donors (Lipinski definition) is 4. The lowest BCUT2D eigenvalue weighted by atomic mass is 10.2. The van der Waals surface area contributed by atoms with Gasteiger partial charge in [0.05, 0.1) is 7.11 Å². The molecule has 1 aromatic rings. The van der Waals surface area contributed by atoms with E-state index in [0.29, 0.717) is 5.69 Å². The Morgan fingerprint density at radius 2 is 2.15 bits per heavy atom. The maximum atomic E-state index is 13.1. The van der Waals surface area contributed by atoms with Gasteiger partial charge >= 0.3 is 12.0 Å². The molecule has 0 fully saturated rings. The molecule has 0 aliphatic carbocycles. The predicted octanol–water partition coefficient (Wildman–Crippen LogP) is 0.791. The van der Waals surface area contributed by atoms with Gasteiger partial charge < -0.3 is 25.6 Å². The fraction of sp³-hybridized carbons (Fsp3) is 0.333. The minimum absolute atomic E-state index is 0.0101. The number of rotatable bonds is 6. The van der Waals surface area contributed by atoms with Gasteiger partial charge in [-0.1, -0.05) is 0 Å². The van der Waals surface area contributed by atoms with Gasteiger partial charge in [0.1, 0.15) is 0 Å². The summed E-state index contributed by atoms with van der Waals surface area (Å²) in [4.78, 5) is 21.8. The molecule has 2 amide bonds. The van der Waals surface area contributed by atoms with Crippen LogP contribution in [0.1, 0.15) is 6.42 Å². The fourth-order valence-corrected chi connectivity index (χ4v) is 1.36. The zero-order valence-electron chi connectivity index (χ0n) is 10.7. The van der Waals surface area contributed by atoms with Crippen LogP contribution in [-0.4, -0.2) is 42.0 Å². The van der Waals surface area contributed by atoms with Gasteiger partial charge in [-0.15, -0.1) is 0 Å². The highest BCUT2D eigenvalue weighted by Crippen LogP contribution is 2.21. The van der Waals surface area contributed by atoms with E-state index in [1.54, 1.807) is 0 Å². The van der Waals surface area contributed by atoms with Gasteiger partial charge in [-0.25, -0.2) is 14.0 Å². The molecule has 7 nitrogen and oxygen atoms in total. The first-order valence-electron chi connectivity index (χ1n) is 5.73. The molecule has 20 heavy (non-hydrogen) atoms. The fourth-order valence-electron chi connectivity index (χ4n) is 1.36. The van der Waals surface area contributed by atoms with Crippen LogP contribution in [0.5, 0.6) is 5.75 Å². The molecule has 0 bridgehead atoms. The molecule has 0 aliphatic heterocycles. The molecular weight excluding hydrogens is 271 g/mol. The molecule has 0 radical (unpaired) electrons. The summed E-state index contributed by atoms with van der Waals surface area (Å²) in [6.07, 6.45) is -1.64. The third-order valence-electron chi connectivity index (χ3n) is 2.40. The molecule has 0 aromatic heterocycles. The number of aliphatic hydroxyl groups excluding tert-OH is 1. The Balaban J connectivity index is 2.44. The second-order valence-electron chi connectivity index (χ2n) is 3.87. The Labute approximate surface area is 114 Å². The van der Waals surface area contributed by atoms with Crippen LogP contribution in [0.4, 0.5) is 14.9 Å². The van der Waals surface area contributed by atoms with E-state index in [1.165, 1.54) is 19.2 Å². The minimum atomic E-state index is -1.53. The van der Waals surface area contributed by atoms with Gasteiger partial charge in [0.25, 0.3) is 0 Å². The zero-order chi connectivity index (χ0) is 15.1. The second kappa shape index (κ2) is 7.29. The second-order valence-corrected chi connectivity index (χ2v) is 3.87. The van der Waals surface area contributed by atoms with E-state index in [1.807, 2.05) is 0 Å². The van der Waals surface area contributed by atoms with Crippen molar-refractivity contribution in [2.45, 2.75) is 12.5 Å². The number of hydrogen-bond acceptors (Lipinski definition) is 4. The Kier molecular flexibility index (Phi) is 5.73. The third kappa shape index (κ3) is 4.73. The van der Waals surface area contributed by atoms with Crippen LogP contribution in [0.15, 0.2) is 18.2 Å². The van der Waals surface area contributed by atoms with Crippen molar-refractivity contribution in [1.82, 2.24) is 5.32 Å². The number of urea groups is 1. The molecular formula is C12H15FN2O5. The molecule has 0 saturated heterocycles. The number of carboxylic acid groups (broad SMARTS) is 1. The van der Waals surface area contributed by atoms with E-state index in [0.717, 1.165) is 6.07 Å². The Hall–Kier alpha value is -2.35. The molecule has 110 valence electrons. The lowest BCUT2D eigenvalue weighted by molar-refractivity contribution is -0.146. The average Bonchev–Trinajstić information content (AvgIpc) is 2.40. The molecule has 4 N–H and O–H groups in total. The highest BCUT2D eigenvalue weighted by molar-refractivity contribution is 5.89. The van der Waals surface area contributed by atoms with Crippen LogP contribution >= 0.6 is 0 Å². The summed E-state index contributed by atoms with van der Waals surface area (Å²) in [7, 11) is 1.30. The SMILES string of the molecule is COc1cc(NC(=O)NCCC(O)C(=O)O)ccc1F. The number of halogens is 1. The number of aliphatic carboxylic acids is 1. The summed E-state index contributed by atoms with van der Waals surface area (Å²) in [5.41, 5.74) is 0.319. The van der Waals surface area contributed by atoms with E-state index < -0.39 is 23.9 Å². The van der Waals surface area contributed by atoms with Gasteiger partial charge in [-0.2, -0.15) is 0 Å². The maximum absolute atomic E-state index is 13.1. The lowest BCUT2D eigenvalue weighted by Gasteiger charge is -2.10. The number of methoxy groups -OCH3 is 1. The number of carbonyl (C=O) groups excluding carboxylic acids is 1. The highest BCUT2D eigenvalue weighted by Gasteiger charge is 2.13. The summed E-state index contributed by atoms with van der Waals surface area (Å²) < 4.78 is 17.9. The molecule has 0 spiro atoms. The minimum Gasteiger partial charge on any atom is -0.494 e. The topological polar surface area (TPSA) is 108 Å². The van der Waals surface area contributed by atoms with Crippen molar-refractivity contribution in [3.05, 3.63) is 24.0 Å². The van der Waals surface area contributed by atoms with Crippen molar-refractivity contribution < 1.29 is 28.9 Å². The Bertz CT molecular complexity index is 495. The number of carboxylic acids is 1. The summed E-state index contributed by atoms with van der Waals surface area (Å²) in [5, 5.41) is 22.2. The van der Waals surface area contributed by atoms with Crippen LogP contribution in [0.3, 0.4) is 0 Å². The van der Waals surface area contributed by atoms with E-state index in [-0.39, 0.29) is 18.7 Å². The van der Waals surface area contributed by atoms with Crippen LogP contribution in [0.2, 0.25) is 0 Å². The molecule has 1 unspecified atom stereocenters. The van der Waals surface area contributed by atoms with Crippen molar-refractivity contribution in [2.24, 2.45) is 0 Å². The lowest BCUT2D eigenvalue weighted by Crippen LogP contribution is -2.33. The number of aliphatic hydroxyl groups is 1. The van der Waals surface area contributed by atoms with Crippen LogP contribution in [0, 0.1) is 5.82 Å². The summed E-state index contributed by atoms with van der Waals surface area (Å²) >= 11 is 0. The first-order valence-corrected chi connectivity index (χ1v) is 5.73. The number of anilines is 1. The number of amides is 2. The highest BCUT2D eigenvalue weighted by atomic mass is 19.1. The van der Waals surface area contributed by atoms with Crippen molar-refractivity contribution >= 4 is 17.7 Å². The quantitative estimate of drug-likeness (QED) is 0.618. The third-order valence-corrected chi connectivity index (χ3v) is 2.40. The van der Waals surface area contributed by atoms with E-state index in [9.17, 15) is 14.0 Å². The maximum Gasteiger partial charge on any atom is 0.332 e. The molecule has 8 heteroatoms. The van der Waals surface area contributed by atoms with Crippen molar-refractivity contribution in [3.63, 3.8) is 0 Å². The number of ether oxygens (including phenoxy) is 1. The van der Waals surface area contributed by atoms with Crippen LogP contribution in [0.25, 0.3) is 0 Å². The van der Waals surface area contributed by atoms with Crippen molar-refractivity contribution in [3.8, 4) is 5.75 Å². The van der Waals surface area contributed by atoms with Crippen molar-refractivity contribution in [1.29, 1.82) is 0 Å². The summed E-state index contributed by atoms with van der Waals surface area (Å²) in [5.74, 6) is -1.91. The monoisotopic (exact) mass is 286 g/mol. The van der Waals surface area contributed by atoms with E-state index >= 15 is 0 Å². The van der Waals surface area contributed by atoms with Gasteiger partial charge in [-0.3, -0.25) is 0 Å². The van der Waals surface area contributed by atoms with Crippen LogP contribution < -0.4 is 15.4 Å². The predicted molar refractivity (Wildman–Crippen MR) is 68.2 cm³/mol. The van der Waals surface area contributed by atoms with E-state index in [2.05, 4.69) is 10.6 Å². The molecule has 0 saturated carbocycles. The zero-order valence-corrected chi connectivity index (χ0v) is 10.7. The largest absolute Gasteiger partial charge is 0.494 e. The normalized spacial score (nSPS) is 11.6. The van der Waals surface area contributed by atoms with E-state index in [4.69, 9.17) is 14.9 Å². The van der Waals surface area contributed by atoms with Gasteiger partial charge in [0.2, 0.25) is 0 Å². The molecule has 1 rings (SSSR count). The molecule has 0 heterocycles. The molecule has 0 aliphatic rings. The van der Waals surface area contributed by atoms with Gasteiger partial charge in [-0.05, 0) is 12.1 Å². The molecule has 1 aromatic carbocycles. The molecule has 1 atom stereocenters. The number of benzene rings is 1. The van der Waals surface area contributed by atoms with Gasteiger partial charge in [0.15, 0.2) is 17.7 Å². The van der Waals surface area contributed by atoms with Gasteiger partial charge in [0, 0.05) is 24.7 Å². The average molecular weight is 286 g/mol. The number of carbonyl (C=O) groups is 2.